The number of rotatable bonds is 4. The van der Waals surface area contributed by atoms with Gasteiger partial charge in [0, 0.05) is 18.3 Å². The summed E-state index contributed by atoms with van der Waals surface area (Å²) >= 11 is 1.78. The molecule has 0 aliphatic rings. The minimum absolute atomic E-state index is 0.881. The fourth-order valence-corrected chi connectivity index (χ4v) is 3.85. The smallest absolute Gasteiger partial charge is 0.154 e. The summed E-state index contributed by atoms with van der Waals surface area (Å²) in [7, 11) is 2.08. The molecule has 4 rings (SSSR count). The number of nitrogens with zero attached hydrogens (tertiary/aromatic N) is 4. The molecule has 3 heterocycles. The van der Waals surface area contributed by atoms with Crippen molar-refractivity contribution in [2.45, 2.75) is 13.3 Å². The number of anilines is 1. The van der Waals surface area contributed by atoms with Crippen LogP contribution in [0.5, 0.6) is 0 Å². The van der Waals surface area contributed by atoms with Crippen molar-refractivity contribution in [1.29, 1.82) is 0 Å². The van der Waals surface area contributed by atoms with Gasteiger partial charge in [-0.05, 0) is 36.1 Å². The first-order chi connectivity index (χ1) is 11.3. The van der Waals surface area contributed by atoms with E-state index in [-0.39, 0.29) is 0 Å². The molecule has 0 radical (unpaired) electrons. The van der Waals surface area contributed by atoms with Crippen LogP contribution in [0, 0.1) is 0 Å². The summed E-state index contributed by atoms with van der Waals surface area (Å²) in [4.78, 5) is 7.87. The molecule has 3 aromatic heterocycles. The van der Waals surface area contributed by atoms with Gasteiger partial charge in [-0.25, -0.2) is 9.50 Å². The van der Waals surface area contributed by atoms with Gasteiger partial charge in [0.1, 0.15) is 11.5 Å². The van der Waals surface area contributed by atoms with Crippen molar-refractivity contribution in [2.24, 2.45) is 0 Å². The Hall–Kier alpha value is -2.40. The van der Waals surface area contributed by atoms with E-state index in [1.807, 2.05) is 22.8 Å². The highest BCUT2D eigenvalue weighted by molar-refractivity contribution is 7.22. The monoisotopic (exact) mass is 322 g/mol. The largest absolute Gasteiger partial charge is 0.358 e. The molecule has 0 aliphatic heterocycles. The van der Waals surface area contributed by atoms with E-state index in [2.05, 4.69) is 54.2 Å². The minimum Gasteiger partial charge on any atom is -0.358 e. The summed E-state index contributed by atoms with van der Waals surface area (Å²) < 4.78 is 3.24. The molecule has 5 heteroatoms. The molecule has 23 heavy (non-hydrogen) atoms. The molecular formula is C18H18N4S. The zero-order chi connectivity index (χ0) is 15.8. The van der Waals surface area contributed by atoms with E-state index >= 15 is 0 Å². The summed E-state index contributed by atoms with van der Waals surface area (Å²) in [6.07, 6.45) is 3.01. The van der Waals surface area contributed by atoms with Crippen LogP contribution in [-0.2, 0) is 0 Å². The van der Waals surface area contributed by atoms with Gasteiger partial charge < -0.3 is 4.90 Å². The van der Waals surface area contributed by atoms with Gasteiger partial charge in [0.2, 0.25) is 0 Å². The summed E-state index contributed by atoms with van der Waals surface area (Å²) in [6, 6.07) is 14.7. The predicted octanol–water partition coefficient (Wildman–Crippen LogP) is 4.46. The van der Waals surface area contributed by atoms with E-state index in [1.165, 1.54) is 15.0 Å². The molecule has 0 bridgehead atoms. The van der Waals surface area contributed by atoms with E-state index in [0.717, 1.165) is 30.1 Å². The third kappa shape index (κ3) is 2.47. The van der Waals surface area contributed by atoms with Gasteiger partial charge in [-0.2, -0.15) is 0 Å². The van der Waals surface area contributed by atoms with E-state index in [1.54, 1.807) is 11.3 Å². The first-order valence-electron chi connectivity index (χ1n) is 7.81. The van der Waals surface area contributed by atoms with Gasteiger partial charge in [0.15, 0.2) is 5.65 Å². The lowest BCUT2D eigenvalue weighted by molar-refractivity contribution is 0.810. The number of hydrogen-bond donors (Lipinski definition) is 0. The van der Waals surface area contributed by atoms with Gasteiger partial charge in [0.05, 0.1) is 11.1 Å². The average Bonchev–Trinajstić information content (AvgIpc) is 3.17. The van der Waals surface area contributed by atoms with Gasteiger partial charge in [-0.15, -0.1) is 16.4 Å². The molecule has 0 saturated carbocycles. The summed E-state index contributed by atoms with van der Waals surface area (Å²) in [6.45, 7) is 3.17. The van der Waals surface area contributed by atoms with Crippen molar-refractivity contribution >= 4 is 32.9 Å². The van der Waals surface area contributed by atoms with Crippen LogP contribution in [0.2, 0.25) is 0 Å². The van der Waals surface area contributed by atoms with Gasteiger partial charge in [0.25, 0.3) is 0 Å². The lowest BCUT2D eigenvalue weighted by atomic mass is 10.2. The maximum absolute atomic E-state index is 4.79. The van der Waals surface area contributed by atoms with Crippen molar-refractivity contribution in [1.82, 2.24) is 14.6 Å². The van der Waals surface area contributed by atoms with Crippen LogP contribution in [0.4, 0.5) is 5.82 Å². The van der Waals surface area contributed by atoms with E-state index in [4.69, 9.17) is 5.10 Å². The number of fused-ring (bicyclic) bond motifs is 2. The number of benzene rings is 1. The average molecular weight is 322 g/mol. The number of imidazole rings is 1. The second-order valence-corrected chi connectivity index (χ2v) is 6.76. The van der Waals surface area contributed by atoms with E-state index in [9.17, 15) is 0 Å². The topological polar surface area (TPSA) is 33.4 Å². The normalized spacial score (nSPS) is 11.4. The molecule has 0 unspecified atom stereocenters. The van der Waals surface area contributed by atoms with Crippen LogP contribution < -0.4 is 4.90 Å². The van der Waals surface area contributed by atoms with Crippen molar-refractivity contribution in [3.63, 3.8) is 0 Å². The van der Waals surface area contributed by atoms with Crippen LogP contribution in [0.3, 0.4) is 0 Å². The second-order valence-electron chi connectivity index (χ2n) is 5.68. The molecule has 0 saturated heterocycles. The molecular weight excluding hydrogens is 304 g/mol. The Morgan fingerprint density at radius 2 is 2.04 bits per heavy atom. The van der Waals surface area contributed by atoms with Crippen LogP contribution >= 0.6 is 11.3 Å². The Labute approximate surface area is 139 Å². The molecule has 0 amide bonds. The third-order valence-corrected chi connectivity index (χ3v) is 5.11. The maximum atomic E-state index is 4.79. The van der Waals surface area contributed by atoms with Crippen LogP contribution in [0.1, 0.15) is 13.3 Å². The highest BCUT2D eigenvalue weighted by Crippen LogP contribution is 2.33. The molecule has 4 nitrogen and oxygen atoms in total. The Bertz CT molecular complexity index is 936. The van der Waals surface area contributed by atoms with E-state index in [0.29, 0.717) is 0 Å². The quantitative estimate of drug-likeness (QED) is 0.556. The third-order valence-electron chi connectivity index (χ3n) is 3.98. The molecule has 4 aromatic rings. The van der Waals surface area contributed by atoms with Gasteiger partial charge >= 0.3 is 0 Å². The second kappa shape index (κ2) is 5.66. The summed E-state index contributed by atoms with van der Waals surface area (Å²) in [5.41, 5.74) is 1.93. The van der Waals surface area contributed by atoms with E-state index < -0.39 is 0 Å². The lowest BCUT2D eigenvalue weighted by Gasteiger charge is -2.16. The first kappa shape index (κ1) is 14.2. The summed E-state index contributed by atoms with van der Waals surface area (Å²) in [5.74, 6) is 0.972. The molecule has 0 atom stereocenters. The first-order valence-corrected chi connectivity index (χ1v) is 8.63. The minimum atomic E-state index is 0.881. The van der Waals surface area contributed by atoms with Gasteiger partial charge in [-0.3, -0.25) is 0 Å². The molecule has 0 N–H and O–H groups in total. The van der Waals surface area contributed by atoms with Crippen LogP contribution in [0.25, 0.3) is 26.3 Å². The predicted molar refractivity (Wildman–Crippen MR) is 97.4 cm³/mol. The van der Waals surface area contributed by atoms with Crippen molar-refractivity contribution in [3.05, 3.63) is 48.7 Å². The standard InChI is InChI=1S/C18H18N4S/c1-3-10-21(2)18-9-8-17-19-12-14(22(17)20-18)16-11-13-6-4-5-7-15(13)23-16/h4-9,11-12H,3,10H2,1-2H3. The molecule has 0 aliphatic carbocycles. The van der Waals surface area contributed by atoms with Crippen molar-refractivity contribution < 1.29 is 0 Å². The zero-order valence-electron chi connectivity index (χ0n) is 13.2. The number of aromatic nitrogens is 3. The lowest BCUT2D eigenvalue weighted by Crippen LogP contribution is -2.19. The molecule has 116 valence electrons. The zero-order valence-corrected chi connectivity index (χ0v) is 14.0. The van der Waals surface area contributed by atoms with Crippen LogP contribution in [0.15, 0.2) is 48.7 Å². The SMILES string of the molecule is CCCN(C)c1ccc2ncc(-c3cc4ccccc4s3)n2n1. The highest BCUT2D eigenvalue weighted by Gasteiger charge is 2.12. The fourth-order valence-electron chi connectivity index (χ4n) is 2.79. The Kier molecular flexibility index (Phi) is 3.50. The number of hydrogen-bond acceptors (Lipinski definition) is 4. The van der Waals surface area contributed by atoms with Gasteiger partial charge in [-0.1, -0.05) is 25.1 Å². The Morgan fingerprint density at radius 1 is 1.17 bits per heavy atom. The number of thiophene rings is 1. The van der Waals surface area contributed by atoms with Crippen molar-refractivity contribution in [2.75, 3.05) is 18.5 Å². The molecule has 0 spiro atoms. The van der Waals surface area contributed by atoms with Crippen LogP contribution in [-0.4, -0.2) is 28.2 Å². The van der Waals surface area contributed by atoms with Crippen molar-refractivity contribution in [3.8, 4) is 10.6 Å². The molecule has 0 fully saturated rings. The fraction of sp³-hybridized carbons (Fsp3) is 0.222. The Morgan fingerprint density at radius 3 is 2.87 bits per heavy atom. The highest BCUT2D eigenvalue weighted by atomic mass is 32.1. The molecule has 1 aromatic carbocycles. The Balaban J connectivity index is 1.84. The summed E-state index contributed by atoms with van der Waals surface area (Å²) in [5, 5.41) is 6.05. The maximum Gasteiger partial charge on any atom is 0.154 e.